The van der Waals surface area contributed by atoms with Crippen LogP contribution in [0.1, 0.15) is 44.7 Å². The summed E-state index contributed by atoms with van der Waals surface area (Å²) in [5.74, 6) is 1.70. The van der Waals surface area contributed by atoms with Crippen LogP contribution in [0.2, 0.25) is 0 Å². The lowest BCUT2D eigenvalue weighted by atomic mass is 9.86. The Kier molecular flexibility index (Phi) is 3.29. The van der Waals surface area contributed by atoms with Gasteiger partial charge in [0.05, 0.1) is 12.0 Å². The van der Waals surface area contributed by atoms with Crippen molar-refractivity contribution in [3.63, 3.8) is 0 Å². The summed E-state index contributed by atoms with van der Waals surface area (Å²) in [7, 11) is 0. The molecule has 0 radical (unpaired) electrons. The molecule has 2 rings (SSSR count). The fourth-order valence-corrected chi connectivity index (χ4v) is 2.51. The topological polar surface area (TPSA) is 43.8 Å². The molecular formula is C12H21N3. The number of aryl methyl sites for hydroxylation is 1. The summed E-state index contributed by atoms with van der Waals surface area (Å²) < 4.78 is 2.03. The van der Waals surface area contributed by atoms with Gasteiger partial charge in [-0.3, -0.25) is 0 Å². The van der Waals surface area contributed by atoms with Crippen LogP contribution in [0.3, 0.4) is 0 Å². The number of rotatable bonds is 3. The zero-order chi connectivity index (χ0) is 10.7. The van der Waals surface area contributed by atoms with E-state index in [1.54, 1.807) is 0 Å². The average Bonchev–Trinajstić information content (AvgIpc) is 2.62. The van der Waals surface area contributed by atoms with Gasteiger partial charge in [-0.1, -0.05) is 32.1 Å². The van der Waals surface area contributed by atoms with Crippen LogP contribution in [0, 0.1) is 5.92 Å². The highest BCUT2D eigenvalue weighted by Gasteiger charge is 2.17. The standard InChI is InChI=1S/C12H21N3/c1-2-15-9-14-11(12(15)13)8-10-6-4-3-5-7-10/h9-10H,2-8,13H2,1H3. The van der Waals surface area contributed by atoms with E-state index in [4.69, 9.17) is 5.73 Å². The second kappa shape index (κ2) is 4.69. The Balaban J connectivity index is 2.00. The third-order valence-electron chi connectivity index (χ3n) is 3.51. The number of nitrogens with zero attached hydrogens (tertiary/aromatic N) is 2. The van der Waals surface area contributed by atoms with Crippen LogP contribution in [0.25, 0.3) is 0 Å². The molecule has 3 nitrogen and oxygen atoms in total. The van der Waals surface area contributed by atoms with E-state index < -0.39 is 0 Å². The molecule has 1 aromatic heterocycles. The predicted molar refractivity (Wildman–Crippen MR) is 62.6 cm³/mol. The van der Waals surface area contributed by atoms with Crippen molar-refractivity contribution >= 4 is 5.82 Å². The number of hydrogen-bond acceptors (Lipinski definition) is 2. The lowest BCUT2D eigenvalue weighted by molar-refractivity contribution is 0.355. The molecule has 0 amide bonds. The molecule has 1 heterocycles. The zero-order valence-electron chi connectivity index (χ0n) is 9.58. The van der Waals surface area contributed by atoms with Gasteiger partial charge in [0.15, 0.2) is 0 Å². The summed E-state index contributed by atoms with van der Waals surface area (Å²) in [6, 6.07) is 0. The summed E-state index contributed by atoms with van der Waals surface area (Å²) >= 11 is 0. The minimum atomic E-state index is 0.821. The Labute approximate surface area is 91.7 Å². The van der Waals surface area contributed by atoms with E-state index in [-0.39, 0.29) is 0 Å². The fourth-order valence-electron chi connectivity index (χ4n) is 2.51. The second-order valence-electron chi connectivity index (χ2n) is 4.57. The molecule has 1 aliphatic rings. The van der Waals surface area contributed by atoms with Crippen molar-refractivity contribution in [2.75, 3.05) is 5.73 Å². The summed E-state index contributed by atoms with van der Waals surface area (Å²) in [5.41, 5.74) is 7.15. The quantitative estimate of drug-likeness (QED) is 0.828. The van der Waals surface area contributed by atoms with Crippen molar-refractivity contribution in [1.82, 2.24) is 9.55 Å². The Hall–Kier alpha value is -0.990. The third-order valence-corrected chi connectivity index (χ3v) is 3.51. The lowest BCUT2D eigenvalue weighted by Gasteiger charge is -2.20. The highest BCUT2D eigenvalue weighted by Crippen LogP contribution is 2.27. The summed E-state index contributed by atoms with van der Waals surface area (Å²) in [5, 5.41) is 0. The van der Waals surface area contributed by atoms with E-state index in [0.717, 1.165) is 30.4 Å². The molecule has 15 heavy (non-hydrogen) atoms. The lowest BCUT2D eigenvalue weighted by Crippen LogP contribution is -2.11. The molecule has 1 fully saturated rings. The minimum Gasteiger partial charge on any atom is -0.384 e. The molecule has 0 aromatic carbocycles. The maximum absolute atomic E-state index is 6.03. The molecule has 0 saturated heterocycles. The Morgan fingerprint density at radius 3 is 2.73 bits per heavy atom. The highest BCUT2D eigenvalue weighted by atomic mass is 15.1. The molecule has 1 aromatic rings. The molecule has 0 bridgehead atoms. The van der Waals surface area contributed by atoms with E-state index in [1.807, 2.05) is 10.9 Å². The Morgan fingerprint density at radius 2 is 2.13 bits per heavy atom. The van der Waals surface area contributed by atoms with E-state index in [2.05, 4.69) is 11.9 Å². The van der Waals surface area contributed by atoms with Crippen LogP contribution >= 0.6 is 0 Å². The average molecular weight is 207 g/mol. The Bertz CT molecular complexity index is 311. The van der Waals surface area contributed by atoms with Crippen molar-refractivity contribution in [3.8, 4) is 0 Å². The summed E-state index contributed by atoms with van der Waals surface area (Å²) in [6.07, 6.45) is 9.86. The predicted octanol–water partition coefficient (Wildman–Crippen LogP) is 2.61. The maximum atomic E-state index is 6.03. The van der Waals surface area contributed by atoms with Gasteiger partial charge in [0.1, 0.15) is 5.82 Å². The monoisotopic (exact) mass is 207 g/mol. The molecule has 1 saturated carbocycles. The van der Waals surface area contributed by atoms with Gasteiger partial charge in [-0.25, -0.2) is 4.98 Å². The van der Waals surface area contributed by atoms with Gasteiger partial charge in [-0.05, 0) is 19.3 Å². The highest BCUT2D eigenvalue weighted by molar-refractivity contribution is 5.36. The molecule has 3 heteroatoms. The van der Waals surface area contributed by atoms with Crippen molar-refractivity contribution < 1.29 is 0 Å². The van der Waals surface area contributed by atoms with Crippen LogP contribution in [-0.2, 0) is 13.0 Å². The molecule has 0 spiro atoms. The molecule has 84 valence electrons. The molecule has 0 unspecified atom stereocenters. The third kappa shape index (κ3) is 2.33. The van der Waals surface area contributed by atoms with Crippen LogP contribution in [-0.4, -0.2) is 9.55 Å². The van der Waals surface area contributed by atoms with Gasteiger partial charge < -0.3 is 10.3 Å². The number of nitrogen functional groups attached to an aromatic ring is 1. The van der Waals surface area contributed by atoms with E-state index in [9.17, 15) is 0 Å². The summed E-state index contributed by atoms with van der Waals surface area (Å²) in [6.45, 7) is 3.02. The molecule has 0 aliphatic heterocycles. The first kappa shape index (κ1) is 10.5. The fraction of sp³-hybridized carbons (Fsp3) is 0.750. The first-order valence-corrected chi connectivity index (χ1v) is 6.10. The summed E-state index contributed by atoms with van der Waals surface area (Å²) in [4.78, 5) is 4.42. The van der Waals surface area contributed by atoms with E-state index in [1.165, 1.54) is 32.1 Å². The van der Waals surface area contributed by atoms with Gasteiger partial charge in [0.2, 0.25) is 0 Å². The van der Waals surface area contributed by atoms with Crippen molar-refractivity contribution in [2.45, 2.75) is 52.0 Å². The molecule has 0 atom stereocenters. The second-order valence-corrected chi connectivity index (χ2v) is 4.57. The normalized spacial score (nSPS) is 18.2. The number of hydrogen-bond donors (Lipinski definition) is 1. The maximum Gasteiger partial charge on any atom is 0.126 e. The molecule has 2 N–H and O–H groups in total. The molecule has 1 aliphatic carbocycles. The van der Waals surface area contributed by atoms with Gasteiger partial charge in [0, 0.05) is 6.54 Å². The first-order valence-electron chi connectivity index (χ1n) is 6.10. The number of anilines is 1. The zero-order valence-corrected chi connectivity index (χ0v) is 9.58. The van der Waals surface area contributed by atoms with Gasteiger partial charge in [0.25, 0.3) is 0 Å². The smallest absolute Gasteiger partial charge is 0.126 e. The number of nitrogens with two attached hydrogens (primary N) is 1. The van der Waals surface area contributed by atoms with Gasteiger partial charge >= 0.3 is 0 Å². The number of imidazole rings is 1. The van der Waals surface area contributed by atoms with E-state index >= 15 is 0 Å². The van der Waals surface area contributed by atoms with Crippen molar-refractivity contribution in [2.24, 2.45) is 5.92 Å². The molecular weight excluding hydrogens is 186 g/mol. The van der Waals surface area contributed by atoms with Crippen LogP contribution in [0.4, 0.5) is 5.82 Å². The van der Waals surface area contributed by atoms with Crippen LogP contribution in [0.5, 0.6) is 0 Å². The largest absolute Gasteiger partial charge is 0.384 e. The number of aromatic nitrogens is 2. The first-order chi connectivity index (χ1) is 7.31. The Morgan fingerprint density at radius 1 is 1.40 bits per heavy atom. The SMILES string of the molecule is CCn1cnc(CC2CCCCC2)c1N. The van der Waals surface area contributed by atoms with Crippen molar-refractivity contribution in [3.05, 3.63) is 12.0 Å². The van der Waals surface area contributed by atoms with E-state index in [0.29, 0.717) is 0 Å². The van der Waals surface area contributed by atoms with Crippen LogP contribution in [0.15, 0.2) is 6.33 Å². The minimum absolute atomic E-state index is 0.821. The van der Waals surface area contributed by atoms with Crippen molar-refractivity contribution in [1.29, 1.82) is 0 Å². The van der Waals surface area contributed by atoms with Gasteiger partial charge in [-0.2, -0.15) is 0 Å². The van der Waals surface area contributed by atoms with Crippen LogP contribution < -0.4 is 5.73 Å². The van der Waals surface area contributed by atoms with Gasteiger partial charge in [-0.15, -0.1) is 0 Å².